The molecule has 6 nitrogen and oxygen atoms in total. The molecule has 0 radical (unpaired) electrons. The van der Waals surface area contributed by atoms with Crippen molar-refractivity contribution < 1.29 is 22.3 Å². The maximum Gasteiger partial charge on any atom is 0.573 e. The van der Waals surface area contributed by atoms with Crippen LogP contribution < -0.4 is 15.8 Å². The second-order valence-corrected chi connectivity index (χ2v) is 6.92. The summed E-state index contributed by atoms with van der Waals surface area (Å²) in [7, 11) is 2.00. The first-order chi connectivity index (χ1) is 14.8. The van der Waals surface area contributed by atoms with E-state index in [1.807, 2.05) is 43.4 Å². The number of furan rings is 1. The average Bonchev–Trinajstić information content (AvgIpc) is 3.20. The van der Waals surface area contributed by atoms with E-state index in [9.17, 15) is 13.2 Å². The Morgan fingerprint density at radius 3 is 2.39 bits per heavy atom. The van der Waals surface area contributed by atoms with Crippen LogP contribution in [0.2, 0.25) is 0 Å². The van der Waals surface area contributed by atoms with E-state index in [4.69, 9.17) is 10.2 Å². The summed E-state index contributed by atoms with van der Waals surface area (Å²) in [5.41, 5.74) is 8.58. The molecular formula is C22H23F3N4O2. The third kappa shape index (κ3) is 7.38. The monoisotopic (exact) mass is 432 g/mol. The van der Waals surface area contributed by atoms with E-state index in [-0.39, 0.29) is 11.7 Å². The van der Waals surface area contributed by atoms with Crippen molar-refractivity contribution in [1.29, 1.82) is 0 Å². The normalized spacial score (nSPS) is 12.2. The van der Waals surface area contributed by atoms with Gasteiger partial charge in [0.05, 0.1) is 19.4 Å². The third-order valence-corrected chi connectivity index (χ3v) is 4.34. The summed E-state index contributed by atoms with van der Waals surface area (Å²) >= 11 is 0. The average molecular weight is 432 g/mol. The molecular weight excluding hydrogens is 409 g/mol. The Labute approximate surface area is 178 Å². The van der Waals surface area contributed by atoms with Gasteiger partial charge in [-0.1, -0.05) is 24.3 Å². The number of nitrogens with two attached hydrogens (primary N) is 1. The molecule has 2 aromatic carbocycles. The molecule has 3 aromatic rings. The molecule has 0 unspecified atom stereocenters. The number of aliphatic imine (C=N–C) groups is 1. The maximum absolute atomic E-state index is 12.2. The molecule has 0 saturated carbocycles. The van der Waals surface area contributed by atoms with Crippen molar-refractivity contribution in [3.05, 3.63) is 83.8 Å². The summed E-state index contributed by atoms with van der Waals surface area (Å²) in [5.74, 6) is 0.738. The first kappa shape index (κ1) is 22.2. The molecule has 0 aliphatic carbocycles. The number of halogens is 3. The number of guanidine groups is 1. The molecule has 9 heteroatoms. The molecule has 3 rings (SSSR count). The second-order valence-electron chi connectivity index (χ2n) is 6.92. The van der Waals surface area contributed by atoms with Crippen molar-refractivity contribution in [3.8, 4) is 5.75 Å². The first-order valence-corrected chi connectivity index (χ1v) is 9.49. The molecule has 0 amide bonds. The predicted molar refractivity (Wildman–Crippen MR) is 112 cm³/mol. The van der Waals surface area contributed by atoms with E-state index in [1.165, 1.54) is 24.3 Å². The van der Waals surface area contributed by atoms with Crippen LogP contribution >= 0.6 is 0 Å². The van der Waals surface area contributed by atoms with Gasteiger partial charge in [-0.15, -0.1) is 13.2 Å². The number of nitrogens with zero attached hydrogens (tertiary/aromatic N) is 2. The zero-order valence-corrected chi connectivity index (χ0v) is 16.9. The quantitative estimate of drug-likeness (QED) is 0.397. The second kappa shape index (κ2) is 10.0. The van der Waals surface area contributed by atoms with Gasteiger partial charge in [0.15, 0.2) is 5.96 Å². The highest BCUT2D eigenvalue weighted by Crippen LogP contribution is 2.24. The summed E-state index contributed by atoms with van der Waals surface area (Å²) in [6.07, 6.45) is -3.08. The zero-order chi connectivity index (χ0) is 22.3. The SMILES string of the molecule is CN(Cc1ccco1)Cc1ccccc1CN=C(N)Nc1ccc(OC(F)(F)F)cc1. The van der Waals surface area contributed by atoms with E-state index in [1.54, 1.807) is 6.26 Å². The topological polar surface area (TPSA) is 76.0 Å². The lowest BCUT2D eigenvalue weighted by Gasteiger charge is -2.17. The molecule has 0 atom stereocenters. The Hall–Kier alpha value is -3.46. The largest absolute Gasteiger partial charge is 0.573 e. The number of hydrogen-bond donors (Lipinski definition) is 2. The fourth-order valence-corrected chi connectivity index (χ4v) is 2.98. The number of alkyl halides is 3. The molecule has 0 spiro atoms. The van der Waals surface area contributed by atoms with E-state index in [0.29, 0.717) is 25.3 Å². The van der Waals surface area contributed by atoms with Crippen molar-refractivity contribution in [2.24, 2.45) is 10.7 Å². The lowest BCUT2D eigenvalue weighted by molar-refractivity contribution is -0.274. The van der Waals surface area contributed by atoms with E-state index in [0.717, 1.165) is 16.9 Å². The number of anilines is 1. The molecule has 3 N–H and O–H groups in total. The standard InChI is InChI=1S/C22H23F3N4O2/c1-29(15-20-7-4-12-30-20)14-17-6-3-2-5-16(17)13-27-21(26)28-18-8-10-19(11-9-18)31-22(23,24)25/h2-12H,13-15H2,1H3,(H3,26,27,28). The molecule has 31 heavy (non-hydrogen) atoms. The summed E-state index contributed by atoms with van der Waals surface area (Å²) in [5, 5.41) is 2.86. The molecule has 1 heterocycles. The summed E-state index contributed by atoms with van der Waals surface area (Å²) in [4.78, 5) is 6.48. The number of benzene rings is 2. The van der Waals surface area contributed by atoms with Crippen LogP contribution in [0.5, 0.6) is 5.75 Å². The molecule has 0 aliphatic heterocycles. The van der Waals surface area contributed by atoms with E-state index < -0.39 is 6.36 Å². The van der Waals surface area contributed by atoms with Gasteiger partial charge in [0.1, 0.15) is 11.5 Å². The first-order valence-electron chi connectivity index (χ1n) is 9.49. The Balaban J connectivity index is 1.58. The van der Waals surface area contributed by atoms with Gasteiger partial charge in [-0.25, -0.2) is 4.99 Å². The molecule has 0 bridgehead atoms. The molecule has 164 valence electrons. The Bertz CT molecular complexity index is 987. The molecule has 0 saturated heterocycles. The van der Waals surface area contributed by atoms with Crippen molar-refractivity contribution in [2.45, 2.75) is 26.0 Å². The van der Waals surface area contributed by atoms with Gasteiger partial charge < -0.3 is 20.2 Å². The summed E-state index contributed by atoms with van der Waals surface area (Å²) in [6.45, 7) is 1.75. The summed E-state index contributed by atoms with van der Waals surface area (Å²) in [6, 6.07) is 17.0. The fraction of sp³-hybridized carbons (Fsp3) is 0.227. The zero-order valence-electron chi connectivity index (χ0n) is 16.9. The van der Waals surface area contributed by atoms with Crippen molar-refractivity contribution >= 4 is 11.6 Å². The molecule has 0 fully saturated rings. The smallest absolute Gasteiger partial charge is 0.468 e. The van der Waals surface area contributed by atoms with Crippen LogP contribution in [0.3, 0.4) is 0 Å². The van der Waals surface area contributed by atoms with Crippen molar-refractivity contribution in [1.82, 2.24) is 4.90 Å². The van der Waals surface area contributed by atoms with Crippen LogP contribution in [0.1, 0.15) is 16.9 Å². The minimum Gasteiger partial charge on any atom is -0.468 e. The highest BCUT2D eigenvalue weighted by atomic mass is 19.4. The summed E-state index contributed by atoms with van der Waals surface area (Å²) < 4.78 is 45.9. The van der Waals surface area contributed by atoms with Gasteiger partial charge in [0.25, 0.3) is 0 Å². The van der Waals surface area contributed by atoms with Gasteiger partial charge in [0.2, 0.25) is 0 Å². The Morgan fingerprint density at radius 2 is 1.74 bits per heavy atom. The van der Waals surface area contributed by atoms with Crippen molar-refractivity contribution in [2.75, 3.05) is 12.4 Å². The van der Waals surface area contributed by atoms with Crippen LogP contribution in [0.25, 0.3) is 0 Å². The van der Waals surface area contributed by atoms with Crippen LogP contribution in [-0.4, -0.2) is 24.3 Å². The van der Waals surface area contributed by atoms with Crippen LogP contribution in [0.4, 0.5) is 18.9 Å². The molecule has 1 aromatic heterocycles. The lowest BCUT2D eigenvalue weighted by atomic mass is 10.1. The van der Waals surface area contributed by atoms with Gasteiger partial charge in [-0.2, -0.15) is 0 Å². The van der Waals surface area contributed by atoms with Crippen LogP contribution in [0, 0.1) is 0 Å². The highest BCUT2D eigenvalue weighted by molar-refractivity contribution is 5.92. The third-order valence-electron chi connectivity index (χ3n) is 4.34. The number of ether oxygens (including phenoxy) is 1. The lowest BCUT2D eigenvalue weighted by Crippen LogP contribution is -2.23. The predicted octanol–water partition coefficient (Wildman–Crippen LogP) is 4.74. The van der Waals surface area contributed by atoms with E-state index in [2.05, 4.69) is 19.9 Å². The molecule has 0 aliphatic rings. The minimum atomic E-state index is -4.73. The Kier molecular flexibility index (Phi) is 7.19. The van der Waals surface area contributed by atoms with Crippen molar-refractivity contribution in [3.63, 3.8) is 0 Å². The van der Waals surface area contributed by atoms with Gasteiger partial charge in [0, 0.05) is 12.2 Å². The van der Waals surface area contributed by atoms with Gasteiger partial charge in [-0.3, -0.25) is 4.90 Å². The fourth-order valence-electron chi connectivity index (χ4n) is 2.98. The van der Waals surface area contributed by atoms with Crippen LogP contribution in [0.15, 0.2) is 76.3 Å². The number of rotatable bonds is 8. The van der Waals surface area contributed by atoms with E-state index >= 15 is 0 Å². The maximum atomic E-state index is 12.2. The van der Waals surface area contributed by atoms with Gasteiger partial charge >= 0.3 is 6.36 Å². The number of hydrogen-bond acceptors (Lipinski definition) is 4. The highest BCUT2D eigenvalue weighted by Gasteiger charge is 2.30. The Morgan fingerprint density at radius 1 is 1.03 bits per heavy atom. The minimum absolute atomic E-state index is 0.156. The van der Waals surface area contributed by atoms with Gasteiger partial charge in [-0.05, 0) is 54.6 Å². The number of nitrogens with one attached hydrogen (secondary N) is 1. The van der Waals surface area contributed by atoms with Crippen LogP contribution in [-0.2, 0) is 19.6 Å².